The molecule has 0 bridgehead atoms. The largest absolute Gasteiger partial charge is 0.377 e. The number of nitrogens with zero attached hydrogens (tertiary/aromatic N) is 1. The van der Waals surface area contributed by atoms with Gasteiger partial charge in [0.2, 0.25) is 5.91 Å². The summed E-state index contributed by atoms with van der Waals surface area (Å²) in [7, 11) is 1.99. The number of ether oxygens (including phenoxy) is 1. The summed E-state index contributed by atoms with van der Waals surface area (Å²) in [6, 6.07) is 0.188. The van der Waals surface area contributed by atoms with E-state index < -0.39 is 11.4 Å². The Hall–Kier alpha value is -0.650. The first-order valence-corrected chi connectivity index (χ1v) is 6.07. The highest BCUT2D eigenvalue weighted by atomic mass is 16.5. The summed E-state index contributed by atoms with van der Waals surface area (Å²) in [6.45, 7) is 9.21. The highest BCUT2D eigenvalue weighted by molar-refractivity contribution is 5.83. The molecule has 0 heterocycles. The van der Waals surface area contributed by atoms with Gasteiger partial charge in [-0.25, -0.2) is 0 Å². The van der Waals surface area contributed by atoms with Gasteiger partial charge in [-0.2, -0.15) is 0 Å². The van der Waals surface area contributed by atoms with Gasteiger partial charge in [-0.3, -0.25) is 4.79 Å². The molecule has 5 heteroatoms. The molecule has 0 aromatic rings. The summed E-state index contributed by atoms with van der Waals surface area (Å²) < 4.78 is 5.48. The van der Waals surface area contributed by atoms with Crippen molar-refractivity contribution in [2.45, 2.75) is 51.8 Å². The van der Waals surface area contributed by atoms with E-state index in [0.29, 0.717) is 13.0 Å². The van der Waals surface area contributed by atoms with Crippen molar-refractivity contribution in [3.63, 3.8) is 0 Å². The number of hydrogen-bond donors (Lipinski definition) is 2. The van der Waals surface area contributed by atoms with Crippen LogP contribution in [0.2, 0.25) is 0 Å². The molecule has 0 spiro atoms. The molecule has 0 fully saturated rings. The highest BCUT2D eigenvalue weighted by Gasteiger charge is 2.29. The molecule has 0 rings (SSSR count). The number of amides is 1. The molecule has 0 aliphatic carbocycles. The van der Waals surface area contributed by atoms with E-state index in [2.05, 4.69) is 4.90 Å². The van der Waals surface area contributed by atoms with Crippen LogP contribution in [0.4, 0.5) is 0 Å². The fourth-order valence-corrected chi connectivity index (χ4v) is 1.52. The lowest BCUT2D eigenvalue weighted by Gasteiger charge is -2.31. The van der Waals surface area contributed by atoms with Crippen LogP contribution in [-0.4, -0.2) is 48.7 Å². The van der Waals surface area contributed by atoms with E-state index in [1.165, 1.54) is 0 Å². The second-order valence-corrected chi connectivity index (χ2v) is 5.24. The van der Waals surface area contributed by atoms with Crippen molar-refractivity contribution in [2.75, 3.05) is 20.2 Å². The van der Waals surface area contributed by atoms with E-state index in [4.69, 9.17) is 16.2 Å². The second-order valence-electron chi connectivity index (χ2n) is 5.24. The maximum absolute atomic E-state index is 11.1. The number of carbonyl (C=O) groups is 1. The summed E-state index contributed by atoms with van der Waals surface area (Å²) in [5.74, 6) is -0.462. The third kappa shape index (κ3) is 6.61. The lowest BCUT2D eigenvalue weighted by Crippen LogP contribution is -2.53. The number of likely N-dealkylation sites (N-methyl/N-ethyl adjacent to an activating group) is 1. The van der Waals surface area contributed by atoms with Crippen LogP contribution in [-0.2, 0) is 9.53 Å². The van der Waals surface area contributed by atoms with Gasteiger partial charge in [-0.15, -0.1) is 0 Å². The minimum atomic E-state index is -0.952. The van der Waals surface area contributed by atoms with Crippen LogP contribution < -0.4 is 11.5 Å². The fourth-order valence-electron chi connectivity index (χ4n) is 1.52. The average molecular weight is 245 g/mol. The number of hydrogen-bond acceptors (Lipinski definition) is 4. The molecular weight excluding hydrogens is 218 g/mol. The van der Waals surface area contributed by atoms with E-state index in [0.717, 1.165) is 6.54 Å². The third-order valence-corrected chi connectivity index (χ3v) is 2.93. The van der Waals surface area contributed by atoms with Gasteiger partial charge in [-0.05, 0) is 41.2 Å². The van der Waals surface area contributed by atoms with E-state index >= 15 is 0 Å². The van der Waals surface area contributed by atoms with Crippen molar-refractivity contribution in [1.29, 1.82) is 0 Å². The molecule has 0 aliphatic rings. The lowest BCUT2D eigenvalue weighted by molar-refractivity contribution is -0.123. The van der Waals surface area contributed by atoms with Crippen molar-refractivity contribution in [3.8, 4) is 0 Å². The van der Waals surface area contributed by atoms with Gasteiger partial charge >= 0.3 is 0 Å². The van der Waals surface area contributed by atoms with Crippen molar-refractivity contribution in [1.82, 2.24) is 4.90 Å². The van der Waals surface area contributed by atoms with Crippen LogP contribution in [0, 0.1) is 0 Å². The zero-order valence-corrected chi connectivity index (χ0v) is 11.7. The van der Waals surface area contributed by atoms with Crippen molar-refractivity contribution >= 4 is 5.91 Å². The number of primary amides is 1. The van der Waals surface area contributed by atoms with Crippen LogP contribution in [0.3, 0.4) is 0 Å². The van der Waals surface area contributed by atoms with Crippen LogP contribution >= 0.6 is 0 Å². The first-order chi connectivity index (χ1) is 7.66. The van der Waals surface area contributed by atoms with Crippen molar-refractivity contribution in [3.05, 3.63) is 0 Å². The molecule has 0 aliphatic heterocycles. The SMILES string of the molecule is CC(C)OCCN(C)C(C)CC(C)(N)C(N)=O. The van der Waals surface area contributed by atoms with E-state index in [-0.39, 0.29) is 12.1 Å². The first-order valence-electron chi connectivity index (χ1n) is 6.07. The predicted octanol–water partition coefficient (Wildman–Crippen LogP) is 0.325. The van der Waals surface area contributed by atoms with Crippen LogP contribution in [0.1, 0.15) is 34.1 Å². The number of nitrogens with two attached hydrogens (primary N) is 2. The number of carbonyl (C=O) groups excluding carboxylic acids is 1. The molecule has 4 N–H and O–H groups in total. The Morgan fingerprint density at radius 3 is 2.35 bits per heavy atom. The Bertz CT molecular complexity index is 242. The van der Waals surface area contributed by atoms with Gasteiger partial charge in [0.25, 0.3) is 0 Å². The zero-order valence-electron chi connectivity index (χ0n) is 11.7. The molecule has 2 atom stereocenters. The molecule has 17 heavy (non-hydrogen) atoms. The quantitative estimate of drug-likeness (QED) is 0.645. The predicted molar refractivity (Wildman–Crippen MR) is 69.6 cm³/mol. The third-order valence-electron chi connectivity index (χ3n) is 2.93. The van der Waals surface area contributed by atoms with Gasteiger partial charge in [0.1, 0.15) is 0 Å². The minimum absolute atomic E-state index is 0.188. The molecule has 102 valence electrons. The second kappa shape index (κ2) is 6.93. The Balaban J connectivity index is 4.05. The van der Waals surface area contributed by atoms with Crippen LogP contribution in [0.5, 0.6) is 0 Å². The number of rotatable bonds is 8. The van der Waals surface area contributed by atoms with E-state index in [1.807, 2.05) is 27.8 Å². The van der Waals surface area contributed by atoms with Gasteiger partial charge in [-0.1, -0.05) is 0 Å². The molecule has 0 saturated heterocycles. The molecule has 0 aromatic heterocycles. The Morgan fingerprint density at radius 2 is 1.94 bits per heavy atom. The van der Waals surface area contributed by atoms with Crippen LogP contribution in [0.25, 0.3) is 0 Å². The summed E-state index contributed by atoms with van der Waals surface area (Å²) >= 11 is 0. The highest BCUT2D eigenvalue weighted by Crippen LogP contribution is 2.12. The maximum atomic E-state index is 11.1. The molecule has 0 saturated carbocycles. The molecule has 5 nitrogen and oxygen atoms in total. The topological polar surface area (TPSA) is 81.6 Å². The Morgan fingerprint density at radius 1 is 1.41 bits per heavy atom. The molecular formula is C12H27N3O2. The van der Waals surface area contributed by atoms with E-state index in [1.54, 1.807) is 6.92 Å². The lowest BCUT2D eigenvalue weighted by atomic mass is 9.93. The van der Waals surface area contributed by atoms with Crippen LogP contribution in [0.15, 0.2) is 0 Å². The van der Waals surface area contributed by atoms with Crippen molar-refractivity contribution < 1.29 is 9.53 Å². The molecule has 2 unspecified atom stereocenters. The Kier molecular flexibility index (Phi) is 6.67. The first kappa shape index (κ1) is 16.4. The van der Waals surface area contributed by atoms with Gasteiger partial charge in [0, 0.05) is 12.6 Å². The molecule has 0 aromatic carbocycles. The standard InChI is InChI=1S/C12H27N3O2/c1-9(2)17-7-6-15(5)10(3)8-12(4,14)11(13)16/h9-10H,6-8,14H2,1-5H3,(H2,13,16). The molecule has 1 amide bonds. The van der Waals surface area contributed by atoms with E-state index in [9.17, 15) is 4.79 Å². The maximum Gasteiger partial charge on any atom is 0.237 e. The summed E-state index contributed by atoms with van der Waals surface area (Å²) in [4.78, 5) is 13.3. The minimum Gasteiger partial charge on any atom is -0.377 e. The molecule has 0 radical (unpaired) electrons. The summed E-state index contributed by atoms with van der Waals surface area (Å²) in [5, 5.41) is 0. The monoisotopic (exact) mass is 245 g/mol. The van der Waals surface area contributed by atoms with Crippen molar-refractivity contribution in [2.24, 2.45) is 11.5 Å². The fraction of sp³-hybridized carbons (Fsp3) is 0.917. The van der Waals surface area contributed by atoms with Gasteiger partial charge in [0.05, 0.1) is 18.2 Å². The van der Waals surface area contributed by atoms with Gasteiger partial charge < -0.3 is 21.1 Å². The Labute approximate surface area is 104 Å². The van der Waals surface area contributed by atoms with Gasteiger partial charge in [0.15, 0.2) is 0 Å². The normalized spacial score (nSPS) is 17.2. The zero-order chi connectivity index (χ0) is 13.6. The summed E-state index contributed by atoms with van der Waals surface area (Å²) in [5.41, 5.74) is 10.1. The summed E-state index contributed by atoms with van der Waals surface area (Å²) in [6.07, 6.45) is 0.782. The smallest absolute Gasteiger partial charge is 0.237 e. The average Bonchev–Trinajstić information content (AvgIpc) is 2.15.